The first kappa shape index (κ1) is 28.2. The second-order valence-electron chi connectivity index (χ2n) is 13.4. The summed E-state index contributed by atoms with van der Waals surface area (Å²) in [4.78, 5) is 16.1. The van der Waals surface area contributed by atoms with Gasteiger partial charge >= 0.3 is 7.12 Å². The molecule has 1 saturated heterocycles. The van der Waals surface area contributed by atoms with Crippen molar-refractivity contribution in [3.63, 3.8) is 0 Å². The molecule has 3 atom stereocenters. The molecule has 1 aliphatic carbocycles. The number of carbonyl (C=O) groups excluding carboxylic acids is 1. The van der Waals surface area contributed by atoms with E-state index in [-0.39, 0.29) is 29.8 Å². The Bertz CT molecular complexity index is 835. The van der Waals surface area contributed by atoms with E-state index < -0.39 is 5.41 Å². The van der Waals surface area contributed by atoms with Gasteiger partial charge < -0.3 is 19.5 Å². The Morgan fingerprint density at radius 3 is 2.23 bits per heavy atom. The fraction of sp³-hybridized carbons (Fsp3) is 0.759. The van der Waals surface area contributed by atoms with Crippen LogP contribution in [0.3, 0.4) is 0 Å². The third kappa shape index (κ3) is 7.11. The summed E-state index contributed by atoms with van der Waals surface area (Å²) in [5, 5.41) is 3.31. The smallest absolute Gasteiger partial charge is 0.403 e. The maximum Gasteiger partial charge on any atom is 0.457 e. The third-order valence-electron chi connectivity index (χ3n) is 8.48. The third-order valence-corrected chi connectivity index (χ3v) is 8.48. The van der Waals surface area contributed by atoms with Gasteiger partial charge in [0.05, 0.1) is 16.6 Å². The lowest BCUT2D eigenvalue weighted by Gasteiger charge is -2.46. The summed E-state index contributed by atoms with van der Waals surface area (Å²) < 4.78 is 12.5. The number of hydrogen-bond donors (Lipinski definition) is 1. The van der Waals surface area contributed by atoms with E-state index in [1.165, 1.54) is 5.56 Å². The maximum atomic E-state index is 13.7. The van der Waals surface area contributed by atoms with Gasteiger partial charge in [-0.05, 0) is 92.1 Å². The summed E-state index contributed by atoms with van der Waals surface area (Å²) in [7, 11) is 2.02. The predicted molar refractivity (Wildman–Crippen MR) is 145 cm³/mol. The molecule has 6 heteroatoms. The Hall–Kier alpha value is -1.37. The van der Waals surface area contributed by atoms with Gasteiger partial charge in [0.1, 0.15) is 0 Å². The summed E-state index contributed by atoms with van der Waals surface area (Å²) in [5.41, 5.74) is 0.0966. The van der Waals surface area contributed by atoms with Gasteiger partial charge in [0.25, 0.3) is 0 Å². The number of benzene rings is 1. The van der Waals surface area contributed by atoms with Gasteiger partial charge in [0, 0.05) is 18.6 Å². The average molecular weight is 485 g/mol. The molecule has 0 spiro atoms. The number of rotatable bonds is 8. The molecule has 1 N–H and O–H groups in total. The van der Waals surface area contributed by atoms with E-state index in [9.17, 15) is 4.79 Å². The van der Waals surface area contributed by atoms with Gasteiger partial charge in [0.2, 0.25) is 5.91 Å². The van der Waals surface area contributed by atoms with Crippen molar-refractivity contribution in [1.82, 2.24) is 10.2 Å². The van der Waals surface area contributed by atoms with E-state index in [2.05, 4.69) is 103 Å². The van der Waals surface area contributed by atoms with Crippen LogP contribution in [0.1, 0.15) is 86.6 Å². The van der Waals surface area contributed by atoms with Gasteiger partial charge in [-0.3, -0.25) is 4.79 Å². The van der Waals surface area contributed by atoms with Crippen LogP contribution < -0.4 is 5.32 Å². The van der Waals surface area contributed by atoms with E-state index in [0.29, 0.717) is 11.8 Å². The molecule has 3 rings (SSSR count). The van der Waals surface area contributed by atoms with Crippen LogP contribution in [0, 0.1) is 17.3 Å². The van der Waals surface area contributed by atoms with Gasteiger partial charge in [-0.15, -0.1) is 0 Å². The van der Waals surface area contributed by atoms with E-state index >= 15 is 0 Å². The molecule has 1 heterocycles. The van der Waals surface area contributed by atoms with Crippen LogP contribution in [0.25, 0.3) is 0 Å². The zero-order valence-electron chi connectivity index (χ0n) is 23.7. The van der Waals surface area contributed by atoms with Crippen LogP contribution in [0.5, 0.6) is 0 Å². The normalized spacial score (nSPS) is 28.3. The standard InChI is InChI=1S/C29H49BN2O3/c1-26(2,3)31-25(33)29(8)19-22(17-18-30-34-27(4,5)28(6,7)35-30)15-16-24(29)21-32(9)20-23-13-11-10-12-14-23/h10-14,22,24H,15-21H2,1-9H3,(H,31,33). The number of amides is 1. The van der Waals surface area contributed by atoms with Crippen molar-refractivity contribution in [1.29, 1.82) is 0 Å². The zero-order valence-corrected chi connectivity index (χ0v) is 23.7. The minimum absolute atomic E-state index is 0.163. The van der Waals surface area contributed by atoms with Crippen LogP contribution >= 0.6 is 0 Å². The summed E-state index contributed by atoms with van der Waals surface area (Å²) in [5.74, 6) is 1.02. The molecular formula is C29H49BN2O3. The van der Waals surface area contributed by atoms with Crippen LogP contribution in [-0.2, 0) is 20.6 Å². The molecule has 1 amide bonds. The highest BCUT2D eigenvalue weighted by atomic mass is 16.7. The summed E-state index contributed by atoms with van der Waals surface area (Å²) in [6, 6.07) is 10.6. The van der Waals surface area contributed by atoms with Crippen molar-refractivity contribution >= 4 is 13.0 Å². The lowest BCUT2D eigenvalue weighted by atomic mass is 9.61. The SMILES string of the molecule is CN(Cc1ccccc1)CC1CCC(CCB2OC(C)(C)C(C)(C)O2)CC1(C)C(=O)NC(C)(C)C. The molecule has 0 aromatic heterocycles. The largest absolute Gasteiger partial charge is 0.457 e. The average Bonchev–Trinajstić information content (AvgIpc) is 2.94. The Kier molecular flexibility index (Phi) is 8.50. The van der Waals surface area contributed by atoms with Crippen LogP contribution in [-0.4, -0.2) is 48.3 Å². The fourth-order valence-electron chi connectivity index (χ4n) is 5.72. The first-order valence-corrected chi connectivity index (χ1v) is 13.5. The van der Waals surface area contributed by atoms with Crippen molar-refractivity contribution in [3.8, 4) is 0 Å². The van der Waals surface area contributed by atoms with Gasteiger partial charge in [-0.25, -0.2) is 0 Å². The minimum Gasteiger partial charge on any atom is -0.403 e. The lowest BCUT2D eigenvalue weighted by Crippen LogP contribution is -2.54. The topological polar surface area (TPSA) is 50.8 Å². The molecule has 2 aliphatic rings. The van der Waals surface area contributed by atoms with Crippen molar-refractivity contribution < 1.29 is 14.1 Å². The quantitative estimate of drug-likeness (QED) is 0.464. The molecule has 1 aromatic carbocycles. The van der Waals surface area contributed by atoms with Gasteiger partial charge in [-0.2, -0.15) is 0 Å². The van der Waals surface area contributed by atoms with Gasteiger partial charge in [0.15, 0.2) is 0 Å². The molecule has 2 fully saturated rings. The molecule has 1 aliphatic heterocycles. The Morgan fingerprint density at radius 1 is 1.06 bits per heavy atom. The summed E-state index contributed by atoms with van der Waals surface area (Å²) in [6.07, 6.45) is 5.05. The first-order chi connectivity index (χ1) is 16.1. The van der Waals surface area contributed by atoms with Crippen molar-refractivity contribution in [2.45, 2.75) is 111 Å². The Balaban J connectivity index is 1.67. The second-order valence-corrected chi connectivity index (χ2v) is 13.4. The molecule has 3 unspecified atom stereocenters. The maximum absolute atomic E-state index is 13.7. The molecular weight excluding hydrogens is 435 g/mol. The first-order valence-electron chi connectivity index (χ1n) is 13.5. The van der Waals surface area contributed by atoms with Gasteiger partial charge in [-0.1, -0.05) is 50.1 Å². The second kappa shape index (κ2) is 10.6. The van der Waals surface area contributed by atoms with Crippen LogP contribution in [0.4, 0.5) is 0 Å². The van der Waals surface area contributed by atoms with Crippen molar-refractivity contribution in [3.05, 3.63) is 35.9 Å². The number of nitrogens with one attached hydrogen (secondary N) is 1. The van der Waals surface area contributed by atoms with E-state index in [4.69, 9.17) is 9.31 Å². The lowest BCUT2D eigenvalue weighted by molar-refractivity contribution is -0.139. The molecule has 5 nitrogen and oxygen atoms in total. The summed E-state index contributed by atoms with van der Waals surface area (Å²) in [6.45, 7) is 18.7. The van der Waals surface area contributed by atoms with E-state index in [1.54, 1.807) is 0 Å². The highest BCUT2D eigenvalue weighted by Crippen LogP contribution is 2.47. The monoisotopic (exact) mass is 484 g/mol. The van der Waals surface area contributed by atoms with Crippen molar-refractivity contribution in [2.75, 3.05) is 13.6 Å². The van der Waals surface area contributed by atoms with Crippen molar-refractivity contribution in [2.24, 2.45) is 17.3 Å². The molecule has 1 aromatic rings. The number of hydrogen-bond acceptors (Lipinski definition) is 4. The minimum atomic E-state index is -0.392. The molecule has 0 bridgehead atoms. The number of carbonyl (C=O) groups is 1. The van der Waals surface area contributed by atoms with E-state index in [0.717, 1.165) is 45.1 Å². The molecule has 1 saturated carbocycles. The predicted octanol–water partition coefficient (Wildman–Crippen LogP) is 5.94. The van der Waals surface area contributed by atoms with E-state index in [1.807, 2.05) is 0 Å². The summed E-state index contributed by atoms with van der Waals surface area (Å²) >= 11 is 0. The Labute approximate surface area is 214 Å². The highest BCUT2D eigenvalue weighted by Gasteiger charge is 2.51. The zero-order chi connectivity index (χ0) is 26.1. The Morgan fingerprint density at radius 2 is 1.66 bits per heavy atom. The number of nitrogens with zero attached hydrogens (tertiary/aromatic N) is 1. The highest BCUT2D eigenvalue weighted by molar-refractivity contribution is 6.45. The fourth-order valence-corrected chi connectivity index (χ4v) is 5.72. The van der Waals surface area contributed by atoms with Crippen LogP contribution in [0.2, 0.25) is 6.32 Å². The molecule has 196 valence electrons. The van der Waals surface area contributed by atoms with Crippen LogP contribution in [0.15, 0.2) is 30.3 Å². The molecule has 0 radical (unpaired) electrons. The molecule has 35 heavy (non-hydrogen) atoms.